The van der Waals surface area contributed by atoms with Gasteiger partial charge in [-0.15, -0.1) is 0 Å². The van der Waals surface area contributed by atoms with E-state index in [0.717, 1.165) is 0 Å². The molecular formula is C20H16. The molecule has 0 nitrogen and oxygen atoms in total. The molecule has 3 aromatic carbocycles. The zero-order chi connectivity index (χ0) is 12.9. The quantitative estimate of drug-likeness (QED) is 0.582. The van der Waals surface area contributed by atoms with Crippen molar-refractivity contribution in [3.63, 3.8) is 0 Å². The largest absolute Gasteiger partial charge is 0.0622 e. The number of benzene rings is 3. The molecule has 3 aromatic rings. The molecule has 0 spiro atoms. The van der Waals surface area contributed by atoms with E-state index < -0.39 is 0 Å². The molecule has 0 heteroatoms. The van der Waals surface area contributed by atoms with Gasteiger partial charge in [0, 0.05) is 13.3 Å². The highest BCUT2D eigenvalue weighted by molar-refractivity contribution is 5.42. The van der Waals surface area contributed by atoms with Gasteiger partial charge in [0.25, 0.3) is 0 Å². The molecule has 0 saturated heterocycles. The fourth-order valence-corrected chi connectivity index (χ4v) is 2.51. The Bertz CT molecular complexity index is 518. The van der Waals surface area contributed by atoms with Crippen LogP contribution in [0.2, 0.25) is 0 Å². The van der Waals surface area contributed by atoms with Gasteiger partial charge >= 0.3 is 0 Å². The van der Waals surface area contributed by atoms with E-state index in [1.807, 2.05) is 0 Å². The Kier molecular flexibility index (Phi) is 4.73. The second-order valence-electron chi connectivity index (χ2n) is 4.67. The third-order valence-electron chi connectivity index (χ3n) is 3.40. The minimum atomic E-state index is 0. The van der Waals surface area contributed by atoms with Crippen LogP contribution >= 0.6 is 0 Å². The molecule has 4 radical (unpaired) electrons. The van der Waals surface area contributed by atoms with Crippen LogP contribution in [0.1, 0.15) is 22.6 Å². The average molecular weight is 256 g/mol. The van der Waals surface area contributed by atoms with Crippen molar-refractivity contribution in [2.75, 3.05) is 0 Å². The third-order valence-corrected chi connectivity index (χ3v) is 3.40. The van der Waals surface area contributed by atoms with Crippen molar-refractivity contribution in [3.05, 3.63) is 115 Å². The first kappa shape index (κ1) is 14.1. The van der Waals surface area contributed by atoms with Crippen molar-refractivity contribution < 1.29 is 0 Å². The molecule has 0 amide bonds. The molecule has 0 fully saturated rings. The van der Waals surface area contributed by atoms with Gasteiger partial charge in [0.05, 0.1) is 0 Å². The fourth-order valence-electron chi connectivity index (χ4n) is 2.51. The van der Waals surface area contributed by atoms with Crippen LogP contribution in [0.5, 0.6) is 0 Å². The second-order valence-corrected chi connectivity index (χ2v) is 4.67. The smallest absolute Gasteiger partial charge is 0.0339 e. The summed E-state index contributed by atoms with van der Waals surface area (Å²) in [6, 6.07) is 32.0. The molecular weight excluding hydrogens is 240 g/mol. The van der Waals surface area contributed by atoms with Crippen molar-refractivity contribution >= 4 is 0 Å². The van der Waals surface area contributed by atoms with E-state index in [0.29, 0.717) is 5.92 Å². The Morgan fingerprint density at radius 2 is 0.650 bits per heavy atom. The standard InChI is InChI=1S/C19H16.C/c1-4-10-16(11-5-1)19(17-12-6-2-7-13-17)18-14-8-3-9-15-18;/h1-15,19H;. The molecule has 3 rings (SSSR count). The van der Waals surface area contributed by atoms with Crippen LogP contribution in [0.3, 0.4) is 0 Å². The van der Waals surface area contributed by atoms with Crippen LogP contribution in [0.15, 0.2) is 91.0 Å². The van der Waals surface area contributed by atoms with Gasteiger partial charge in [-0.1, -0.05) is 91.0 Å². The molecule has 0 aliphatic carbocycles. The Balaban J connectivity index is 0.00000147. The highest BCUT2D eigenvalue weighted by Crippen LogP contribution is 2.31. The lowest BCUT2D eigenvalue weighted by atomic mass is 9.85. The van der Waals surface area contributed by atoms with Crippen LogP contribution in [0.25, 0.3) is 0 Å². The van der Waals surface area contributed by atoms with Gasteiger partial charge in [0.1, 0.15) is 0 Å². The molecule has 0 saturated carbocycles. The maximum absolute atomic E-state index is 2.20. The summed E-state index contributed by atoms with van der Waals surface area (Å²) in [6.45, 7) is 0. The van der Waals surface area contributed by atoms with E-state index in [-0.39, 0.29) is 7.43 Å². The first-order valence-electron chi connectivity index (χ1n) is 6.60. The van der Waals surface area contributed by atoms with Crippen molar-refractivity contribution in [2.45, 2.75) is 5.92 Å². The summed E-state index contributed by atoms with van der Waals surface area (Å²) in [4.78, 5) is 0. The minimum absolute atomic E-state index is 0. The van der Waals surface area contributed by atoms with Crippen LogP contribution in [0, 0.1) is 7.43 Å². The first-order chi connectivity index (χ1) is 9.45. The summed E-state index contributed by atoms with van der Waals surface area (Å²) in [7, 11) is 0. The summed E-state index contributed by atoms with van der Waals surface area (Å²) < 4.78 is 0. The van der Waals surface area contributed by atoms with Gasteiger partial charge in [0.15, 0.2) is 0 Å². The second kappa shape index (κ2) is 6.72. The zero-order valence-corrected chi connectivity index (χ0v) is 11.2. The van der Waals surface area contributed by atoms with E-state index in [1.54, 1.807) is 0 Å². The van der Waals surface area contributed by atoms with Gasteiger partial charge in [-0.2, -0.15) is 0 Å². The van der Waals surface area contributed by atoms with Crippen molar-refractivity contribution in [2.24, 2.45) is 0 Å². The highest BCUT2D eigenvalue weighted by Gasteiger charge is 2.15. The Morgan fingerprint density at radius 1 is 0.400 bits per heavy atom. The maximum atomic E-state index is 2.20. The van der Waals surface area contributed by atoms with Crippen molar-refractivity contribution in [1.82, 2.24) is 0 Å². The number of rotatable bonds is 3. The van der Waals surface area contributed by atoms with Gasteiger partial charge < -0.3 is 0 Å². The molecule has 20 heavy (non-hydrogen) atoms. The number of hydrogen-bond donors (Lipinski definition) is 0. The van der Waals surface area contributed by atoms with E-state index >= 15 is 0 Å². The van der Waals surface area contributed by atoms with Crippen molar-refractivity contribution in [1.29, 1.82) is 0 Å². The lowest BCUT2D eigenvalue weighted by Crippen LogP contribution is -2.02. The normalized spacial score (nSPS) is 10.1. The average Bonchev–Trinajstić information content (AvgIpc) is 2.51. The monoisotopic (exact) mass is 256 g/mol. The highest BCUT2D eigenvalue weighted by atomic mass is 14.2. The predicted octanol–water partition coefficient (Wildman–Crippen LogP) is 4.95. The molecule has 0 bridgehead atoms. The molecule has 0 heterocycles. The molecule has 0 aliphatic heterocycles. The summed E-state index contributed by atoms with van der Waals surface area (Å²) >= 11 is 0. The minimum Gasteiger partial charge on any atom is -0.0622 e. The van der Waals surface area contributed by atoms with Crippen molar-refractivity contribution in [3.8, 4) is 0 Å². The molecule has 0 aliphatic rings. The molecule has 96 valence electrons. The Morgan fingerprint density at radius 3 is 0.900 bits per heavy atom. The number of hydrogen-bond acceptors (Lipinski definition) is 0. The summed E-state index contributed by atoms with van der Waals surface area (Å²) in [6.07, 6.45) is 0. The predicted molar refractivity (Wildman–Crippen MR) is 83.5 cm³/mol. The summed E-state index contributed by atoms with van der Waals surface area (Å²) in [5.74, 6) is 0.309. The summed E-state index contributed by atoms with van der Waals surface area (Å²) in [5.41, 5.74) is 4.00. The van der Waals surface area contributed by atoms with Gasteiger partial charge in [-0.25, -0.2) is 0 Å². The maximum Gasteiger partial charge on any atom is 0.0339 e. The fraction of sp³-hybridized carbons (Fsp3) is 0.0500. The van der Waals surface area contributed by atoms with Crippen LogP contribution < -0.4 is 0 Å². The topological polar surface area (TPSA) is 0 Å². The molecule has 0 atom stereocenters. The SMILES string of the molecule is [C].c1ccc(C(c2ccccc2)c2ccccc2)cc1. The van der Waals surface area contributed by atoms with Gasteiger partial charge in [0.2, 0.25) is 0 Å². The molecule has 0 unspecified atom stereocenters. The first-order valence-corrected chi connectivity index (χ1v) is 6.60. The van der Waals surface area contributed by atoms with E-state index in [2.05, 4.69) is 91.0 Å². The van der Waals surface area contributed by atoms with Gasteiger partial charge in [-0.05, 0) is 16.7 Å². The lowest BCUT2D eigenvalue weighted by Gasteiger charge is -2.18. The molecule has 0 aromatic heterocycles. The Hall–Kier alpha value is -2.34. The van der Waals surface area contributed by atoms with E-state index in [1.165, 1.54) is 16.7 Å². The lowest BCUT2D eigenvalue weighted by molar-refractivity contribution is 0.977. The molecule has 0 N–H and O–H groups in total. The third kappa shape index (κ3) is 2.97. The van der Waals surface area contributed by atoms with E-state index in [4.69, 9.17) is 0 Å². The summed E-state index contributed by atoms with van der Waals surface area (Å²) in [5, 5.41) is 0. The van der Waals surface area contributed by atoms with Crippen LogP contribution in [-0.2, 0) is 0 Å². The van der Waals surface area contributed by atoms with Gasteiger partial charge in [-0.3, -0.25) is 0 Å². The van der Waals surface area contributed by atoms with Crippen LogP contribution in [0.4, 0.5) is 0 Å². The van der Waals surface area contributed by atoms with Crippen LogP contribution in [-0.4, -0.2) is 0 Å². The Labute approximate surface area is 121 Å². The zero-order valence-electron chi connectivity index (χ0n) is 11.2. The van der Waals surface area contributed by atoms with E-state index in [9.17, 15) is 0 Å².